The second kappa shape index (κ2) is 5.51. The molecular weight excluding hydrogens is 234 g/mol. The molecule has 0 bridgehead atoms. The molecule has 106 valence electrons. The summed E-state index contributed by atoms with van der Waals surface area (Å²) in [6, 6.07) is 9.21. The summed E-state index contributed by atoms with van der Waals surface area (Å²) in [5, 5.41) is 0. The standard InChI is InChI=1S/C16H27N3/c1-13-5-7-14(8-6-13)19-12-16(2,3)11-18(4)10-15(19)9-17/h5-8,15H,9-12,17H2,1-4H3. The minimum atomic E-state index is 0.281. The van der Waals surface area contributed by atoms with Crippen LogP contribution in [0.3, 0.4) is 0 Å². The molecule has 2 N–H and O–H groups in total. The predicted octanol–water partition coefficient (Wildman–Crippen LogP) is 2.10. The second-order valence-electron chi connectivity index (χ2n) is 6.71. The molecule has 3 nitrogen and oxygen atoms in total. The highest BCUT2D eigenvalue weighted by molar-refractivity contribution is 5.49. The predicted molar refractivity (Wildman–Crippen MR) is 82.6 cm³/mol. The zero-order chi connectivity index (χ0) is 14.0. The van der Waals surface area contributed by atoms with Gasteiger partial charge >= 0.3 is 0 Å². The number of likely N-dealkylation sites (N-methyl/N-ethyl adjacent to an activating group) is 1. The summed E-state index contributed by atoms with van der Waals surface area (Å²) in [5.41, 5.74) is 8.89. The molecule has 1 heterocycles. The minimum Gasteiger partial charge on any atom is -0.365 e. The lowest BCUT2D eigenvalue weighted by Crippen LogP contribution is -2.46. The number of nitrogens with two attached hydrogens (primary N) is 1. The van der Waals surface area contributed by atoms with Crippen molar-refractivity contribution in [2.75, 3.05) is 38.1 Å². The first-order valence-corrected chi connectivity index (χ1v) is 7.13. The number of aryl methyl sites for hydroxylation is 1. The summed E-state index contributed by atoms with van der Waals surface area (Å²) in [7, 11) is 2.20. The quantitative estimate of drug-likeness (QED) is 0.885. The molecule has 1 aliphatic rings. The Morgan fingerprint density at radius 3 is 2.42 bits per heavy atom. The third-order valence-corrected chi connectivity index (χ3v) is 3.90. The lowest BCUT2D eigenvalue weighted by Gasteiger charge is -2.35. The van der Waals surface area contributed by atoms with Crippen molar-refractivity contribution in [3.8, 4) is 0 Å². The van der Waals surface area contributed by atoms with Crippen molar-refractivity contribution < 1.29 is 0 Å². The number of nitrogens with zero attached hydrogens (tertiary/aromatic N) is 2. The largest absolute Gasteiger partial charge is 0.365 e. The van der Waals surface area contributed by atoms with Crippen LogP contribution in [0.25, 0.3) is 0 Å². The zero-order valence-electron chi connectivity index (χ0n) is 12.7. The van der Waals surface area contributed by atoms with Crippen molar-refractivity contribution in [3.63, 3.8) is 0 Å². The van der Waals surface area contributed by atoms with Crippen molar-refractivity contribution in [2.24, 2.45) is 11.1 Å². The van der Waals surface area contributed by atoms with Crippen molar-refractivity contribution >= 4 is 5.69 Å². The smallest absolute Gasteiger partial charge is 0.0539 e. The van der Waals surface area contributed by atoms with Gasteiger partial charge in [0.1, 0.15) is 0 Å². The van der Waals surface area contributed by atoms with Gasteiger partial charge in [0.05, 0.1) is 6.04 Å². The Hall–Kier alpha value is -1.06. The highest BCUT2D eigenvalue weighted by Crippen LogP contribution is 2.28. The number of benzene rings is 1. The third kappa shape index (κ3) is 3.48. The van der Waals surface area contributed by atoms with E-state index in [1.54, 1.807) is 0 Å². The fraction of sp³-hybridized carbons (Fsp3) is 0.625. The van der Waals surface area contributed by atoms with Crippen molar-refractivity contribution in [3.05, 3.63) is 29.8 Å². The topological polar surface area (TPSA) is 32.5 Å². The van der Waals surface area contributed by atoms with Gasteiger partial charge in [-0.15, -0.1) is 0 Å². The first-order valence-electron chi connectivity index (χ1n) is 7.13. The SMILES string of the molecule is Cc1ccc(N2CC(C)(C)CN(C)CC2CN)cc1. The van der Waals surface area contributed by atoms with Gasteiger partial charge in [0.25, 0.3) is 0 Å². The van der Waals surface area contributed by atoms with E-state index < -0.39 is 0 Å². The number of anilines is 1. The van der Waals surface area contributed by atoms with E-state index in [2.05, 4.69) is 61.9 Å². The maximum Gasteiger partial charge on any atom is 0.0539 e. The first kappa shape index (κ1) is 14.4. The van der Waals surface area contributed by atoms with Gasteiger partial charge in [-0.2, -0.15) is 0 Å². The van der Waals surface area contributed by atoms with Gasteiger partial charge in [0, 0.05) is 31.9 Å². The normalized spacial score (nSPS) is 24.3. The Morgan fingerprint density at radius 2 is 1.84 bits per heavy atom. The van der Waals surface area contributed by atoms with Gasteiger partial charge in [-0.1, -0.05) is 31.5 Å². The van der Waals surface area contributed by atoms with E-state index in [1.165, 1.54) is 11.3 Å². The molecule has 1 fully saturated rings. The lowest BCUT2D eigenvalue weighted by molar-refractivity contribution is 0.239. The van der Waals surface area contributed by atoms with E-state index in [9.17, 15) is 0 Å². The van der Waals surface area contributed by atoms with E-state index >= 15 is 0 Å². The van der Waals surface area contributed by atoms with Crippen LogP contribution in [-0.4, -0.2) is 44.2 Å². The molecule has 0 aliphatic carbocycles. The van der Waals surface area contributed by atoms with E-state index in [0.29, 0.717) is 12.6 Å². The van der Waals surface area contributed by atoms with Crippen LogP contribution in [0.2, 0.25) is 0 Å². The molecule has 1 atom stereocenters. The monoisotopic (exact) mass is 261 g/mol. The highest BCUT2D eigenvalue weighted by atomic mass is 15.3. The molecule has 3 heteroatoms. The van der Waals surface area contributed by atoms with Crippen LogP contribution >= 0.6 is 0 Å². The summed E-state index contributed by atoms with van der Waals surface area (Å²) >= 11 is 0. The number of rotatable bonds is 2. The summed E-state index contributed by atoms with van der Waals surface area (Å²) < 4.78 is 0. The van der Waals surface area contributed by atoms with Crippen molar-refractivity contribution in [2.45, 2.75) is 26.8 Å². The summed E-state index contributed by atoms with van der Waals surface area (Å²) in [6.07, 6.45) is 0. The molecule has 2 rings (SSSR count). The van der Waals surface area contributed by atoms with Gasteiger partial charge in [-0.05, 0) is 31.5 Å². The van der Waals surface area contributed by atoms with E-state index in [-0.39, 0.29) is 5.41 Å². The molecular formula is C16H27N3. The van der Waals surface area contributed by atoms with Gasteiger partial charge in [0.2, 0.25) is 0 Å². The molecule has 1 aromatic carbocycles. The van der Waals surface area contributed by atoms with Gasteiger partial charge in [-0.3, -0.25) is 0 Å². The molecule has 0 aromatic heterocycles. The van der Waals surface area contributed by atoms with Crippen LogP contribution < -0.4 is 10.6 Å². The molecule has 0 saturated carbocycles. The third-order valence-electron chi connectivity index (χ3n) is 3.90. The van der Waals surface area contributed by atoms with E-state index in [1.807, 2.05) is 0 Å². The van der Waals surface area contributed by atoms with Crippen LogP contribution in [0.5, 0.6) is 0 Å². The fourth-order valence-corrected chi connectivity index (χ4v) is 3.13. The average molecular weight is 261 g/mol. The summed E-state index contributed by atoms with van der Waals surface area (Å²) in [5.74, 6) is 0. The van der Waals surface area contributed by atoms with Crippen LogP contribution in [0.1, 0.15) is 19.4 Å². The molecule has 1 saturated heterocycles. The molecule has 0 spiro atoms. The van der Waals surface area contributed by atoms with Crippen molar-refractivity contribution in [1.29, 1.82) is 0 Å². The van der Waals surface area contributed by atoms with Gasteiger partial charge in [-0.25, -0.2) is 0 Å². The molecule has 1 unspecified atom stereocenters. The number of hydrogen-bond donors (Lipinski definition) is 1. The molecule has 1 aromatic rings. The highest BCUT2D eigenvalue weighted by Gasteiger charge is 2.32. The van der Waals surface area contributed by atoms with Crippen LogP contribution in [0.4, 0.5) is 5.69 Å². The summed E-state index contributed by atoms with van der Waals surface area (Å²) in [6.45, 7) is 10.7. The van der Waals surface area contributed by atoms with Crippen LogP contribution in [0, 0.1) is 12.3 Å². The van der Waals surface area contributed by atoms with Gasteiger partial charge in [0.15, 0.2) is 0 Å². The summed E-state index contributed by atoms with van der Waals surface area (Å²) in [4.78, 5) is 4.90. The lowest BCUT2D eigenvalue weighted by atomic mass is 9.92. The zero-order valence-corrected chi connectivity index (χ0v) is 12.7. The average Bonchev–Trinajstić information content (AvgIpc) is 2.45. The Labute approximate surface area is 117 Å². The first-order chi connectivity index (χ1) is 8.91. The molecule has 0 radical (unpaired) electrons. The van der Waals surface area contributed by atoms with Crippen LogP contribution in [0.15, 0.2) is 24.3 Å². The Morgan fingerprint density at radius 1 is 1.21 bits per heavy atom. The maximum atomic E-state index is 6.01. The van der Waals surface area contributed by atoms with E-state index in [4.69, 9.17) is 5.73 Å². The maximum absolute atomic E-state index is 6.01. The molecule has 19 heavy (non-hydrogen) atoms. The Kier molecular flexibility index (Phi) is 4.16. The van der Waals surface area contributed by atoms with E-state index in [0.717, 1.165) is 19.6 Å². The van der Waals surface area contributed by atoms with Crippen molar-refractivity contribution in [1.82, 2.24) is 4.90 Å². The Bertz CT molecular complexity index is 411. The Balaban J connectivity index is 2.30. The second-order valence-corrected chi connectivity index (χ2v) is 6.71. The fourth-order valence-electron chi connectivity index (χ4n) is 3.13. The molecule has 0 amide bonds. The minimum absolute atomic E-state index is 0.281. The molecule has 1 aliphatic heterocycles. The number of hydrogen-bond acceptors (Lipinski definition) is 3. The van der Waals surface area contributed by atoms with Gasteiger partial charge < -0.3 is 15.5 Å². The van der Waals surface area contributed by atoms with Crippen LogP contribution in [-0.2, 0) is 0 Å².